The van der Waals surface area contributed by atoms with Gasteiger partial charge in [0.1, 0.15) is 0 Å². The molecule has 2 heterocycles. The second kappa shape index (κ2) is 6.23. The minimum Gasteiger partial charge on any atom is -0.419 e. The van der Waals surface area contributed by atoms with E-state index in [2.05, 4.69) is 15.5 Å². The van der Waals surface area contributed by atoms with Gasteiger partial charge in [0.05, 0.1) is 5.69 Å². The van der Waals surface area contributed by atoms with Crippen molar-refractivity contribution < 1.29 is 19.1 Å². The summed E-state index contributed by atoms with van der Waals surface area (Å²) in [5, 5.41) is 9.15. The van der Waals surface area contributed by atoms with Crippen LogP contribution in [0.3, 0.4) is 0 Å². The van der Waals surface area contributed by atoms with Gasteiger partial charge in [-0.25, -0.2) is 14.7 Å². The third-order valence-electron chi connectivity index (χ3n) is 3.36. The number of nitrogens with one attached hydrogen (secondary N) is 2. The second-order valence-corrected chi connectivity index (χ2v) is 5.77. The molecule has 0 radical (unpaired) electrons. The number of nitrogens with zero attached hydrogens (tertiary/aromatic N) is 1. The number of esters is 2. The molecular formula is C17H15N3O5. The lowest BCUT2D eigenvalue weighted by Gasteiger charge is -2.29. The Morgan fingerprint density at radius 2 is 1.64 bits per heavy atom. The summed E-state index contributed by atoms with van der Waals surface area (Å²) >= 11 is 0. The Hall–Kier alpha value is -3.42. The quantitative estimate of drug-likeness (QED) is 0.495. The van der Waals surface area contributed by atoms with Gasteiger partial charge in [0.25, 0.3) is 11.3 Å². The first-order valence-corrected chi connectivity index (χ1v) is 7.44. The van der Waals surface area contributed by atoms with Crippen LogP contribution in [0.4, 0.5) is 5.69 Å². The summed E-state index contributed by atoms with van der Waals surface area (Å²) in [6.07, 6.45) is 1.24. The maximum absolute atomic E-state index is 11.8. The van der Waals surface area contributed by atoms with Crippen molar-refractivity contribution in [1.82, 2.24) is 10.2 Å². The fraction of sp³-hybridized carbons (Fsp3) is 0.176. The molecule has 0 unspecified atom stereocenters. The van der Waals surface area contributed by atoms with E-state index in [4.69, 9.17) is 9.47 Å². The number of cyclic esters (lactones) is 2. The minimum absolute atomic E-state index is 0.217. The number of ether oxygens (including phenoxy) is 2. The molecule has 128 valence electrons. The van der Waals surface area contributed by atoms with Crippen LogP contribution in [-0.2, 0) is 19.1 Å². The molecule has 8 heteroatoms. The average Bonchev–Trinajstić information content (AvgIpc) is 2.54. The largest absolute Gasteiger partial charge is 0.419 e. The monoisotopic (exact) mass is 341 g/mol. The van der Waals surface area contributed by atoms with Crippen LogP contribution in [0.5, 0.6) is 0 Å². The Morgan fingerprint density at radius 3 is 2.20 bits per heavy atom. The highest BCUT2D eigenvalue weighted by atomic mass is 16.7. The van der Waals surface area contributed by atoms with Crippen LogP contribution in [0, 0.1) is 0 Å². The van der Waals surface area contributed by atoms with E-state index in [1.165, 1.54) is 26.1 Å². The SMILES string of the molecule is CC1(C)OC(=O)C(=CNc2ccc(-c3ccc(=O)[nH]n3)cc2)C(=O)O1. The van der Waals surface area contributed by atoms with Gasteiger partial charge < -0.3 is 14.8 Å². The van der Waals surface area contributed by atoms with Gasteiger partial charge in [-0.15, -0.1) is 0 Å². The van der Waals surface area contributed by atoms with E-state index in [1.807, 2.05) is 0 Å². The van der Waals surface area contributed by atoms with Crippen LogP contribution in [0.1, 0.15) is 13.8 Å². The fourth-order valence-corrected chi connectivity index (χ4v) is 2.18. The first kappa shape index (κ1) is 16.4. The third-order valence-corrected chi connectivity index (χ3v) is 3.36. The van der Waals surface area contributed by atoms with Crippen molar-refractivity contribution >= 4 is 17.6 Å². The lowest BCUT2D eigenvalue weighted by Crippen LogP contribution is -2.42. The minimum atomic E-state index is -1.27. The Kier molecular flexibility index (Phi) is 4.10. The number of aromatic amines is 1. The highest BCUT2D eigenvalue weighted by molar-refractivity contribution is 6.15. The third kappa shape index (κ3) is 3.74. The summed E-state index contributed by atoms with van der Waals surface area (Å²) in [5.41, 5.74) is 1.57. The van der Waals surface area contributed by atoms with E-state index in [9.17, 15) is 14.4 Å². The van der Waals surface area contributed by atoms with Crippen LogP contribution in [0.25, 0.3) is 11.3 Å². The first-order chi connectivity index (χ1) is 11.8. The molecule has 0 aliphatic carbocycles. The number of hydrogen-bond donors (Lipinski definition) is 2. The number of carbonyl (C=O) groups is 2. The highest BCUT2D eigenvalue weighted by Gasteiger charge is 2.38. The Bertz CT molecular complexity index is 870. The van der Waals surface area contributed by atoms with Crippen LogP contribution >= 0.6 is 0 Å². The molecule has 3 rings (SSSR count). The molecule has 8 nitrogen and oxygen atoms in total. The summed E-state index contributed by atoms with van der Waals surface area (Å²) in [4.78, 5) is 34.7. The lowest BCUT2D eigenvalue weighted by atomic mass is 10.1. The number of carbonyl (C=O) groups excluding carboxylic acids is 2. The molecule has 1 saturated heterocycles. The Labute approximate surface area is 142 Å². The standard InChI is InChI=1S/C17H15N3O5/c1-17(2)24-15(22)12(16(23)25-17)9-18-11-5-3-10(4-6-11)13-7-8-14(21)20-19-13/h3-9,18H,1-2H3,(H,20,21). The highest BCUT2D eigenvalue weighted by Crippen LogP contribution is 2.23. The van der Waals surface area contributed by atoms with E-state index in [0.717, 1.165) is 5.56 Å². The topological polar surface area (TPSA) is 110 Å². The van der Waals surface area contributed by atoms with Crippen LogP contribution in [0.15, 0.2) is 53.0 Å². The maximum atomic E-state index is 11.8. The van der Waals surface area contributed by atoms with Gasteiger partial charge in [-0.3, -0.25) is 4.79 Å². The van der Waals surface area contributed by atoms with Gasteiger partial charge in [-0.2, -0.15) is 5.10 Å². The molecule has 1 aliphatic heterocycles. The van der Waals surface area contributed by atoms with Crippen molar-refractivity contribution in [2.24, 2.45) is 0 Å². The molecule has 1 fully saturated rings. The molecular weight excluding hydrogens is 326 g/mol. The number of anilines is 1. The zero-order valence-corrected chi connectivity index (χ0v) is 13.5. The molecule has 0 saturated carbocycles. The summed E-state index contributed by atoms with van der Waals surface area (Å²) in [7, 11) is 0. The van der Waals surface area contributed by atoms with Gasteiger partial charge in [0, 0.05) is 37.4 Å². The van der Waals surface area contributed by atoms with Gasteiger partial charge in [0.15, 0.2) is 5.57 Å². The predicted octanol–water partition coefficient (Wildman–Crippen LogP) is 1.57. The Balaban J connectivity index is 1.73. The van der Waals surface area contributed by atoms with E-state index in [-0.39, 0.29) is 11.1 Å². The zero-order chi connectivity index (χ0) is 18.0. The number of H-pyrrole nitrogens is 1. The van der Waals surface area contributed by atoms with E-state index in [0.29, 0.717) is 11.4 Å². The second-order valence-electron chi connectivity index (χ2n) is 5.77. The normalized spacial score (nSPS) is 16.0. The lowest BCUT2D eigenvalue weighted by molar-refractivity contribution is -0.222. The molecule has 0 spiro atoms. The summed E-state index contributed by atoms with van der Waals surface area (Å²) in [5.74, 6) is -2.76. The number of benzene rings is 1. The van der Waals surface area contributed by atoms with E-state index >= 15 is 0 Å². The van der Waals surface area contributed by atoms with Gasteiger partial charge in [-0.1, -0.05) is 12.1 Å². The molecule has 25 heavy (non-hydrogen) atoms. The molecule has 0 atom stereocenters. The maximum Gasteiger partial charge on any atom is 0.350 e. The van der Waals surface area contributed by atoms with Crippen molar-refractivity contribution in [1.29, 1.82) is 0 Å². The van der Waals surface area contributed by atoms with E-state index in [1.54, 1.807) is 30.3 Å². The Morgan fingerprint density at radius 1 is 1.00 bits per heavy atom. The van der Waals surface area contributed by atoms with Crippen LogP contribution in [-0.4, -0.2) is 27.9 Å². The predicted molar refractivity (Wildman–Crippen MR) is 88.3 cm³/mol. The molecule has 1 aromatic carbocycles. The summed E-state index contributed by atoms with van der Waals surface area (Å²) in [6.45, 7) is 2.97. The van der Waals surface area contributed by atoms with Crippen molar-refractivity contribution in [3.63, 3.8) is 0 Å². The summed E-state index contributed by atoms with van der Waals surface area (Å²) < 4.78 is 10.0. The van der Waals surface area contributed by atoms with Crippen molar-refractivity contribution in [3.8, 4) is 11.3 Å². The van der Waals surface area contributed by atoms with Crippen LogP contribution < -0.4 is 10.9 Å². The van der Waals surface area contributed by atoms with Crippen molar-refractivity contribution in [3.05, 3.63) is 58.5 Å². The summed E-state index contributed by atoms with van der Waals surface area (Å²) in [6, 6.07) is 10.0. The fourth-order valence-electron chi connectivity index (χ4n) is 2.18. The zero-order valence-electron chi connectivity index (χ0n) is 13.5. The molecule has 2 N–H and O–H groups in total. The molecule has 1 aliphatic rings. The smallest absolute Gasteiger partial charge is 0.350 e. The van der Waals surface area contributed by atoms with Gasteiger partial charge >= 0.3 is 11.9 Å². The molecule has 0 bridgehead atoms. The number of hydrogen-bond acceptors (Lipinski definition) is 7. The van der Waals surface area contributed by atoms with Crippen LogP contribution in [0.2, 0.25) is 0 Å². The van der Waals surface area contributed by atoms with E-state index < -0.39 is 17.7 Å². The average molecular weight is 341 g/mol. The van der Waals surface area contributed by atoms with Crippen molar-refractivity contribution in [2.45, 2.75) is 19.6 Å². The van der Waals surface area contributed by atoms with Gasteiger partial charge in [0.2, 0.25) is 0 Å². The number of rotatable bonds is 3. The van der Waals surface area contributed by atoms with Crippen molar-refractivity contribution in [2.75, 3.05) is 5.32 Å². The molecule has 0 amide bonds. The molecule has 2 aromatic rings. The number of aromatic nitrogens is 2. The van der Waals surface area contributed by atoms with Gasteiger partial charge in [-0.05, 0) is 18.2 Å². The first-order valence-electron chi connectivity index (χ1n) is 7.44. The molecule has 1 aromatic heterocycles.